The van der Waals surface area contributed by atoms with Crippen LogP contribution in [-0.4, -0.2) is 152 Å². The first-order chi connectivity index (χ1) is 30.9. The summed E-state index contributed by atoms with van der Waals surface area (Å²) in [5.74, 6) is -7.22. The first kappa shape index (κ1) is 54.5. The lowest BCUT2D eigenvalue weighted by molar-refractivity contribution is -0.144. The number of carbonyl (C=O) groups excluding carboxylic acids is 8. The Kier molecular flexibility index (Phi) is 20.8. The smallest absolute Gasteiger partial charge is 0.326 e. The number of hydrogen-bond acceptors (Lipinski definition) is 12. The van der Waals surface area contributed by atoms with E-state index in [1.165, 1.54) is 35.8 Å². The van der Waals surface area contributed by atoms with Gasteiger partial charge in [-0.15, -0.1) is 0 Å². The van der Waals surface area contributed by atoms with Crippen LogP contribution in [0.5, 0.6) is 5.75 Å². The van der Waals surface area contributed by atoms with Gasteiger partial charge in [0.15, 0.2) is 0 Å². The minimum absolute atomic E-state index is 0.0171. The summed E-state index contributed by atoms with van der Waals surface area (Å²) in [6, 6.07) is -4.18. The molecule has 2 aliphatic rings. The zero-order chi connectivity index (χ0) is 49.6. The Balaban J connectivity index is 1.69. The van der Waals surface area contributed by atoms with Gasteiger partial charge in [-0.05, 0) is 87.8 Å². The van der Waals surface area contributed by atoms with E-state index in [9.17, 15) is 58.5 Å². The zero-order valence-corrected chi connectivity index (χ0v) is 39.3. The van der Waals surface area contributed by atoms with Crippen molar-refractivity contribution < 1.29 is 58.5 Å². The summed E-state index contributed by atoms with van der Waals surface area (Å²) in [5, 5.41) is 44.8. The molecule has 0 aliphatic carbocycles. The summed E-state index contributed by atoms with van der Waals surface area (Å²) in [6.07, 6.45) is 1.71. The highest BCUT2D eigenvalue weighted by Crippen LogP contribution is 2.23. The average Bonchev–Trinajstić information content (AvgIpc) is 3.95. The molecule has 9 atom stereocenters. The van der Waals surface area contributed by atoms with E-state index in [1.54, 1.807) is 39.8 Å². The van der Waals surface area contributed by atoms with Crippen molar-refractivity contribution in [2.45, 2.75) is 155 Å². The molecule has 3 rings (SSSR count). The van der Waals surface area contributed by atoms with Crippen LogP contribution < -0.4 is 37.6 Å². The molecular formula is C45H71N9O12. The molecule has 0 radical (unpaired) electrons. The third-order valence-electron chi connectivity index (χ3n) is 11.5. The Morgan fingerprint density at radius 1 is 0.621 bits per heavy atom. The SMILES string of the molecule is CC(C)C[C@H](NC(=O)[C@H](CO)NC(=O)[C@@H]1CCCN1C(=O)[C@@H](NC(=O)[C@H](C)NC(=O)[C@@H]1CCCN1C(=O)[C@H](CC(C)C)NC(=O)[C@H](Cc1ccc(O)cc1)NC(=O)[C@H](C)N)C(C)C)C(=O)O. The Morgan fingerprint density at radius 2 is 1.11 bits per heavy atom. The number of aliphatic hydroxyl groups excluding tert-OH is 1. The molecule has 21 heteroatoms. The fraction of sp³-hybridized carbons (Fsp3) is 0.667. The van der Waals surface area contributed by atoms with E-state index in [0.29, 0.717) is 18.4 Å². The zero-order valence-electron chi connectivity index (χ0n) is 39.3. The number of aliphatic hydroxyl groups is 1. The number of amides is 8. The summed E-state index contributed by atoms with van der Waals surface area (Å²) in [5.41, 5.74) is 6.40. The third kappa shape index (κ3) is 15.7. The van der Waals surface area contributed by atoms with Crippen LogP contribution in [0.3, 0.4) is 0 Å². The molecule has 2 heterocycles. The number of carboxylic acid groups (broad SMARTS) is 1. The van der Waals surface area contributed by atoms with Crippen LogP contribution in [0.2, 0.25) is 0 Å². The number of nitrogens with one attached hydrogen (secondary N) is 6. The normalized spacial score (nSPS) is 19.2. The number of nitrogens with two attached hydrogens (primary N) is 1. The molecule has 1 aromatic carbocycles. The number of aromatic hydroxyl groups is 1. The highest BCUT2D eigenvalue weighted by atomic mass is 16.4. The molecule has 66 heavy (non-hydrogen) atoms. The van der Waals surface area contributed by atoms with E-state index in [-0.39, 0.29) is 62.8 Å². The molecule has 2 fully saturated rings. The van der Waals surface area contributed by atoms with Crippen molar-refractivity contribution in [3.63, 3.8) is 0 Å². The Morgan fingerprint density at radius 3 is 1.61 bits per heavy atom. The number of benzene rings is 1. The Labute approximate surface area is 386 Å². The number of hydrogen-bond donors (Lipinski definition) is 10. The summed E-state index contributed by atoms with van der Waals surface area (Å²) in [4.78, 5) is 123. The van der Waals surface area contributed by atoms with Gasteiger partial charge in [0.2, 0.25) is 47.3 Å². The number of carbonyl (C=O) groups is 9. The highest BCUT2D eigenvalue weighted by Gasteiger charge is 2.42. The maximum Gasteiger partial charge on any atom is 0.326 e. The first-order valence-corrected chi connectivity index (χ1v) is 22.8. The second-order valence-electron chi connectivity index (χ2n) is 18.5. The molecule has 2 aliphatic heterocycles. The number of aliphatic carboxylic acids is 1. The van der Waals surface area contributed by atoms with Gasteiger partial charge in [-0.1, -0.05) is 53.7 Å². The standard InChI is InChI=1S/C45H71N9O12/c1-23(2)19-31(49-39(59)30(48-37(57)26(7)46)21-28-13-15-29(56)16-14-28)43(63)53-17-9-11-34(53)41(61)47-27(8)38(58)52-36(25(5)6)44(64)54-18-10-12-35(54)42(62)51-33(22-55)40(60)50-32(45(65)66)20-24(3)4/h13-16,23-27,30-36,55-56H,9-12,17-22,46H2,1-8H3,(H,47,61)(H,48,57)(H,49,59)(H,50,60)(H,51,62)(H,52,58)(H,65,66)/t26-,27-,30-,31-,32-,33-,34-,35-,36-/m0/s1. The van der Waals surface area contributed by atoms with Crippen LogP contribution in [-0.2, 0) is 49.6 Å². The lowest BCUT2D eigenvalue weighted by atomic mass is 10.00. The Bertz CT molecular complexity index is 1890. The molecule has 2 saturated heterocycles. The predicted octanol–water partition coefficient (Wildman–Crippen LogP) is -0.982. The van der Waals surface area contributed by atoms with Crippen molar-refractivity contribution in [3.8, 4) is 5.75 Å². The summed E-state index contributed by atoms with van der Waals surface area (Å²) in [7, 11) is 0. The van der Waals surface area contributed by atoms with Gasteiger partial charge in [-0.2, -0.15) is 0 Å². The summed E-state index contributed by atoms with van der Waals surface area (Å²) in [6.45, 7) is 13.1. The molecule has 0 spiro atoms. The van der Waals surface area contributed by atoms with Crippen molar-refractivity contribution in [1.82, 2.24) is 41.7 Å². The molecule has 0 saturated carbocycles. The van der Waals surface area contributed by atoms with Gasteiger partial charge >= 0.3 is 5.97 Å². The van der Waals surface area contributed by atoms with Gasteiger partial charge in [-0.3, -0.25) is 38.4 Å². The number of likely N-dealkylation sites (tertiary alicyclic amines) is 2. The van der Waals surface area contributed by atoms with Crippen LogP contribution in [0.25, 0.3) is 0 Å². The lowest BCUT2D eigenvalue weighted by Crippen LogP contribution is -2.60. The van der Waals surface area contributed by atoms with Crippen molar-refractivity contribution in [2.75, 3.05) is 19.7 Å². The second-order valence-corrected chi connectivity index (χ2v) is 18.5. The minimum atomic E-state index is -1.49. The molecule has 368 valence electrons. The lowest BCUT2D eigenvalue weighted by Gasteiger charge is -2.32. The Hall–Kier alpha value is -5.83. The third-order valence-corrected chi connectivity index (χ3v) is 11.5. The molecule has 0 unspecified atom stereocenters. The second kappa shape index (κ2) is 25.2. The van der Waals surface area contributed by atoms with Crippen molar-refractivity contribution in [1.29, 1.82) is 0 Å². The number of rotatable bonds is 23. The maximum atomic E-state index is 14.2. The van der Waals surface area contributed by atoms with Gasteiger partial charge in [0.05, 0.1) is 12.6 Å². The molecule has 8 amide bonds. The average molecular weight is 930 g/mol. The van der Waals surface area contributed by atoms with Crippen LogP contribution in [0.15, 0.2) is 24.3 Å². The van der Waals surface area contributed by atoms with Gasteiger partial charge in [-0.25, -0.2) is 4.79 Å². The van der Waals surface area contributed by atoms with Gasteiger partial charge < -0.3 is 62.8 Å². The molecule has 11 N–H and O–H groups in total. The van der Waals surface area contributed by atoms with Crippen molar-refractivity contribution in [2.24, 2.45) is 23.5 Å². The van der Waals surface area contributed by atoms with Gasteiger partial charge in [0, 0.05) is 19.5 Å². The largest absolute Gasteiger partial charge is 0.508 e. The van der Waals surface area contributed by atoms with Crippen LogP contribution >= 0.6 is 0 Å². The van der Waals surface area contributed by atoms with E-state index in [1.807, 2.05) is 13.8 Å². The topological polar surface area (TPSA) is 319 Å². The summed E-state index contributed by atoms with van der Waals surface area (Å²) >= 11 is 0. The maximum absolute atomic E-state index is 14.2. The van der Waals surface area contributed by atoms with Crippen molar-refractivity contribution >= 4 is 53.2 Å². The predicted molar refractivity (Wildman–Crippen MR) is 241 cm³/mol. The number of phenols is 1. The van der Waals surface area contributed by atoms with Gasteiger partial charge in [0.25, 0.3) is 0 Å². The summed E-state index contributed by atoms with van der Waals surface area (Å²) < 4.78 is 0. The van der Waals surface area contributed by atoms with E-state index < -0.39 is 120 Å². The fourth-order valence-electron chi connectivity index (χ4n) is 7.92. The van der Waals surface area contributed by atoms with E-state index in [2.05, 4.69) is 31.9 Å². The number of phenolic OH excluding ortho intramolecular Hbond substituents is 1. The number of nitrogens with zero attached hydrogens (tertiary/aromatic N) is 2. The van der Waals surface area contributed by atoms with Gasteiger partial charge in [0.1, 0.15) is 54.1 Å². The quantitative estimate of drug-likeness (QED) is 0.0632. The first-order valence-electron chi connectivity index (χ1n) is 22.8. The van der Waals surface area contributed by atoms with E-state index >= 15 is 0 Å². The van der Waals surface area contributed by atoms with Crippen LogP contribution in [0.1, 0.15) is 99.5 Å². The monoisotopic (exact) mass is 930 g/mol. The molecule has 0 bridgehead atoms. The fourth-order valence-corrected chi connectivity index (χ4v) is 7.92. The highest BCUT2D eigenvalue weighted by molar-refractivity contribution is 5.98. The van der Waals surface area contributed by atoms with E-state index in [0.717, 1.165) is 0 Å². The number of carboxylic acids is 1. The molecule has 0 aromatic heterocycles. The minimum Gasteiger partial charge on any atom is -0.508 e. The molecule has 21 nitrogen and oxygen atoms in total. The molecule has 1 aromatic rings. The van der Waals surface area contributed by atoms with Crippen LogP contribution in [0.4, 0.5) is 0 Å². The van der Waals surface area contributed by atoms with E-state index in [4.69, 9.17) is 5.73 Å². The van der Waals surface area contributed by atoms with Crippen molar-refractivity contribution in [3.05, 3.63) is 29.8 Å². The molecular weight excluding hydrogens is 859 g/mol. The van der Waals surface area contributed by atoms with Crippen LogP contribution in [0, 0.1) is 17.8 Å².